The van der Waals surface area contributed by atoms with Crippen molar-refractivity contribution in [1.82, 2.24) is 14.9 Å². The molecule has 0 aliphatic heterocycles. The lowest BCUT2D eigenvalue weighted by Crippen LogP contribution is -2.68. The Balaban J connectivity index is 1.16. The average molecular weight is 652 g/mol. The number of hydrogen-bond donors (Lipinski definition) is 2. The minimum Gasteiger partial charge on any atom is -0.478 e. The molecule has 4 fully saturated rings. The van der Waals surface area contributed by atoms with E-state index in [-0.39, 0.29) is 16.4 Å². The van der Waals surface area contributed by atoms with Gasteiger partial charge in [0.1, 0.15) is 5.82 Å². The Bertz CT molecular complexity index is 1600. The summed E-state index contributed by atoms with van der Waals surface area (Å²) in [7, 11) is 2.11. The molecule has 1 heterocycles. The lowest BCUT2D eigenvalue weighted by Gasteiger charge is -2.72. The third-order valence-electron chi connectivity index (χ3n) is 16.1. The Labute approximate surface area is 290 Å². The highest BCUT2D eigenvalue weighted by Crippen LogP contribution is 2.76. The molecule has 7 rings (SSSR count). The Hall–Kier alpha value is -2.66. The fraction of sp³-hybridized carbons (Fsp3) is 0.674. The van der Waals surface area contributed by atoms with Crippen LogP contribution in [0.3, 0.4) is 0 Å². The predicted octanol–water partition coefficient (Wildman–Crippen LogP) is 9.74. The Morgan fingerprint density at radius 2 is 1.73 bits per heavy atom. The molecule has 0 unspecified atom stereocenters. The van der Waals surface area contributed by atoms with Crippen molar-refractivity contribution in [3.63, 3.8) is 0 Å². The maximum atomic E-state index is 11.6. The van der Waals surface area contributed by atoms with Crippen molar-refractivity contribution in [1.29, 1.82) is 0 Å². The van der Waals surface area contributed by atoms with Crippen molar-refractivity contribution < 1.29 is 9.90 Å². The van der Waals surface area contributed by atoms with Crippen LogP contribution in [-0.2, 0) is 13.5 Å². The molecule has 1 aromatic carbocycles. The van der Waals surface area contributed by atoms with Crippen molar-refractivity contribution in [3.8, 4) is 0 Å². The van der Waals surface area contributed by atoms with Gasteiger partial charge < -0.3 is 15.0 Å². The second-order valence-electron chi connectivity index (χ2n) is 18.3. The molecular weight excluding hydrogens is 590 g/mol. The summed E-state index contributed by atoms with van der Waals surface area (Å²) in [4.78, 5) is 16.1. The Kier molecular flexibility index (Phi) is 8.25. The minimum absolute atomic E-state index is 0.0356. The van der Waals surface area contributed by atoms with E-state index in [1.807, 2.05) is 18.3 Å². The van der Waals surface area contributed by atoms with E-state index in [1.54, 1.807) is 12.1 Å². The van der Waals surface area contributed by atoms with Gasteiger partial charge in [0.2, 0.25) is 0 Å². The molecule has 0 amide bonds. The molecule has 0 spiro atoms. The number of imidazole rings is 1. The van der Waals surface area contributed by atoms with Crippen molar-refractivity contribution in [3.05, 3.63) is 71.8 Å². The smallest absolute Gasteiger partial charge is 0.335 e. The molecule has 0 saturated heterocycles. The van der Waals surface area contributed by atoms with E-state index in [2.05, 4.69) is 82.3 Å². The summed E-state index contributed by atoms with van der Waals surface area (Å²) in [5.74, 6) is 3.68. The number of aromatic carboxylic acids is 1. The zero-order valence-corrected chi connectivity index (χ0v) is 30.9. The molecule has 9 atom stereocenters. The van der Waals surface area contributed by atoms with Gasteiger partial charge >= 0.3 is 5.97 Å². The van der Waals surface area contributed by atoms with Crippen LogP contribution in [0.1, 0.15) is 127 Å². The van der Waals surface area contributed by atoms with Gasteiger partial charge in [-0.3, -0.25) is 0 Å². The summed E-state index contributed by atoms with van der Waals surface area (Å²) in [6, 6.07) is 7.64. The van der Waals surface area contributed by atoms with Gasteiger partial charge in [0.25, 0.3) is 0 Å². The lowest BCUT2D eigenvalue weighted by molar-refractivity contribution is -0.219. The van der Waals surface area contributed by atoms with Crippen molar-refractivity contribution in [2.24, 2.45) is 58.3 Å². The lowest BCUT2D eigenvalue weighted by atomic mass is 9.33. The van der Waals surface area contributed by atoms with E-state index in [4.69, 9.17) is 0 Å². The number of allylic oxidation sites excluding steroid dienone is 3. The largest absolute Gasteiger partial charge is 0.478 e. The summed E-state index contributed by atoms with van der Waals surface area (Å²) < 4.78 is 2.16. The van der Waals surface area contributed by atoms with Gasteiger partial charge in [-0.05, 0) is 152 Å². The number of aromatic nitrogens is 2. The van der Waals surface area contributed by atoms with Crippen molar-refractivity contribution in [2.75, 3.05) is 6.54 Å². The highest BCUT2D eigenvalue weighted by molar-refractivity contribution is 5.88. The van der Waals surface area contributed by atoms with Gasteiger partial charge in [-0.1, -0.05) is 65.0 Å². The molecule has 260 valence electrons. The molecule has 5 heteroatoms. The van der Waals surface area contributed by atoms with Crippen LogP contribution in [0.4, 0.5) is 0 Å². The first-order chi connectivity index (χ1) is 22.7. The molecule has 0 bridgehead atoms. The normalized spacial score (nSPS) is 39.8. The number of rotatable bonds is 8. The van der Waals surface area contributed by atoms with Crippen LogP contribution >= 0.6 is 0 Å². The first kappa shape index (κ1) is 33.8. The molecule has 1 aromatic heterocycles. The highest BCUT2D eigenvalue weighted by Gasteiger charge is 2.70. The number of carboxylic acids is 1. The van der Waals surface area contributed by atoms with Gasteiger partial charge in [0.15, 0.2) is 0 Å². The number of carboxylic acid groups (broad SMARTS) is 1. The highest BCUT2D eigenvalue weighted by atomic mass is 16.4. The van der Waals surface area contributed by atoms with E-state index in [1.165, 1.54) is 73.9 Å². The van der Waals surface area contributed by atoms with Gasteiger partial charge in [-0.2, -0.15) is 0 Å². The molecule has 5 nitrogen and oxygen atoms in total. The number of aryl methyl sites for hydroxylation is 2. The fourth-order valence-corrected chi connectivity index (χ4v) is 13.6. The fourth-order valence-electron chi connectivity index (χ4n) is 13.6. The maximum absolute atomic E-state index is 11.6. The molecular formula is C43H61N3O2. The third kappa shape index (κ3) is 4.87. The quantitative estimate of drug-likeness (QED) is 0.220. The molecule has 2 N–H and O–H groups in total. The summed E-state index contributed by atoms with van der Waals surface area (Å²) in [5, 5.41) is 13.8. The summed E-state index contributed by atoms with van der Waals surface area (Å²) in [5.41, 5.74) is 5.56. The van der Waals surface area contributed by atoms with Gasteiger partial charge in [0.05, 0.1) is 5.56 Å². The Morgan fingerprint density at radius 1 is 0.979 bits per heavy atom. The van der Waals surface area contributed by atoms with Crippen LogP contribution in [0.2, 0.25) is 0 Å². The zero-order valence-electron chi connectivity index (χ0n) is 30.9. The second-order valence-corrected chi connectivity index (χ2v) is 18.3. The van der Waals surface area contributed by atoms with Crippen LogP contribution in [0.15, 0.2) is 54.9 Å². The SMILES string of the molecule is C=C(C)[C@@H]1CC[C@]2(NCCCc3nccn3C)CC[C@]3(C)[C@H](CC[C@@H]4[C@@]5(C)CC=C(c6ccc(C(=O)O)cc6)C(C)(C)[C@@H]5CC[C@]43C)[C@@H]12. The van der Waals surface area contributed by atoms with Crippen LogP contribution < -0.4 is 5.32 Å². The number of carbonyl (C=O) groups is 1. The van der Waals surface area contributed by atoms with Crippen molar-refractivity contribution in [2.45, 2.75) is 118 Å². The molecule has 0 radical (unpaired) electrons. The van der Waals surface area contributed by atoms with E-state index in [0.717, 1.165) is 31.7 Å². The van der Waals surface area contributed by atoms with Crippen LogP contribution in [0, 0.1) is 51.2 Å². The van der Waals surface area contributed by atoms with E-state index in [9.17, 15) is 9.90 Å². The van der Waals surface area contributed by atoms with Crippen LogP contribution in [-0.4, -0.2) is 32.7 Å². The number of nitrogens with zero attached hydrogens (tertiary/aromatic N) is 2. The molecule has 4 saturated carbocycles. The Morgan fingerprint density at radius 3 is 2.40 bits per heavy atom. The summed E-state index contributed by atoms with van der Waals surface area (Å²) in [6.45, 7) is 21.1. The molecule has 5 aliphatic carbocycles. The third-order valence-corrected chi connectivity index (χ3v) is 16.1. The average Bonchev–Trinajstić information content (AvgIpc) is 3.63. The first-order valence-electron chi connectivity index (χ1n) is 19.1. The second kappa shape index (κ2) is 11.7. The van der Waals surface area contributed by atoms with Crippen molar-refractivity contribution >= 4 is 11.5 Å². The van der Waals surface area contributed by atoms with Crippen LogP contribution in [0.5, 0.6) is 0 Å². The summed E-state index contributed by atoms with van der Waals surface area (Å²) in [6.07, 6.45) is 20.3. The van der Waals surface area contributed by atoms with Gasteiger partial charge in [-0.25, -0.2) is 9.78 Å². The van der Waals surface area contributed by atoms with Gasteiger partial charge in [-0.15, -0.1) is 0 Å². The van der Waals surface area contributed by atoms with E-state index in [0.29, 0.717) is 40.1 Å². The number of nitrogens with one attached hydrogen (secondary N) is 1. The van der Waals surface area contributed by atoms with E-state index < -0.39 is 5.97 Å². The zero-order chi connectivity index (χ0) is 34.3. The predicted molar refractivity (Wildman–Crippen MR) is 196 cm³/mol. The minimum atomic E-state index is -0.856. The first-order valence-corrected chi connectivity index (χ1v) is 19.1. The topological polar surface area (TPSA) is 67.2 Å². The molecule has 48 heavy (non-hydrogen) atoms. The molecule has 2 aromatic rings. The van der Waals surface area contributed by atoms with Gasteiger partial charge in [0, 0.05) is 31.4 Å². The number of hydrogen-bond acceptors (Lipinski definition) is 3. The monoisotopic (exact) mass is 651 g/mol. The van der Waals surface area contributed by atoms with Crippen LogP contribution in [0.25, 0.3) is 5.57 Å². The maximum Gasteiger partial charge on any atom is 0.335 e. The van der Waals surface area contributed by atoms with E-state index >= 15 is 0 Å². The summed E-state index contributed by atoms with van der Waals surface area (Å²) >= 11 is 0. The number of benzene rings is 1. The number of fused-ring (bicyclic) bond motifs is 7. The molecule has 5 aliphatic rings. The standard InChI is InChI=1S/C43H61N3O2/c1-28(2)31-17-22-43(45-25-9-10-36-44-26-27-46(36)8)24-23-41(6)33(37(31)43)15-16-35-40(5)20-18-32(29-11-13-30(14-12-29)38(47)48)39(3,4)34(40)19-21-42(35,41)7/h11-14,18,26-27,31,33-35,37,45H,1,9-10,15-17,19-25H2,2-8H3,(H,47,48)/t31-,33+,34-,35+,37+,40-,41+,42+,43-/m0/s1.